The van der Waals surface area contributed by atoms with Gasteiger partial charge in [0.25, 0.3) is 0 Å². The van der Waals surface area contributed by atoms with Gasteiger partial charge in [0.15, 0.2) is 0 Å². The fourth-order valence-electron chi connectivity index (χ4n) is 2.71. The molecule has 0 aliphatic heterocycles. The Hall–Kier alpha value is -3.21. The van der Waals surface area contributed by atoms with Gasteiger partial charge in [0, 0.05) is 23.3 Å². The third kappa shape index (κ3) is 3.57. The second kappa shape index (κ2) is 7.78. The van der Waals surface area contributed by atoms with Crippen LogP contribution in [0.25, 0.3) is 22.5 Å². The summed E-state index contributed by atoms with van der Waals surface area (Å²) >= 11 is 0. The molecule has 0 bridgehead atoms. The Kier molecular flexibility index (Phi) is 5.27. The maximum Gasteiger partial charge on any atom is 0.131 e. The van der Waals surface area contributed by atoms with Gasteiger partial charge in [-0.25, -0.2) is 4.98 Å². The van der Waals surface area contributed by atoms with E-state index in [1.807, 2.05) is 54.6 Å². The molecule has 5 nitrogen and oxygen atoms in total. The molecule has 0 fully saturated rings. The third-order valence-electron chi connectivity index (χ3n) is 4.08. The van der Waals surface area contributed by atoms with Crippen molar-refractivity contribution in [2.45, 2.75) is 0 Å². The van der Waals surface area contributed by atoms with Gasteiger partial charge in [-0.15, -0.1) is 0 Å². The van der Waals surface area contributed by atoms with Crippen molar-refractivity contribution in [2.24, 2.45) is 0 Å². The van der Waals surface area contributed by atoms with Crippen LogP contribution in [0.4, 0.5) is 0 Å². The first-order valence-corrected chi connectivity index (χ1v) is 8.11. The molecule has 0 spiro atoms. The van der Waals surface area contributed by atoms with Crippen LogP contribution in [0.3, 0.4) is 0 Å². The van der Waals surface area contributed by atoms with Gasteiger partial charge in [-0.1, -0.05) is 6.07 Å². The van der Waals surface area contributed by atoms with Crippen molar-refractivity contribution in [3.63, 3.8) is 0 Å². The molecule has 0 N–H and O–H groups in total. The van der Waals surface area contributed by atoms with Crippen molar-refractivity contribution in [1.29, 1.82) is 0 Å². The van der Waals surface area contributed by atoms with Crippen LogP contribution in [-0.4, -0.2) is 33.4 Å². The summed E-state index contributed by atoms with van der Waals surface area (Å²) in [7, 11) is 6.52. The number of nitrogens with zero attached hydrogens (tertiary/aromatic N) is 1. The summed E-state index contributed by atoms with van der Waals surface area (Å²) in [6.07, 6.45) is 0. The van der Waals surface area contributed by atoms with Crippen LogP contribution in [0.1, 0.15) is 0 Å². The standard InChI is InChI=1S/C21H21NO4/c1-23-15-8-9-18(21(13-15)26-4)20-7-5-6-19(22-20)14-10-16(24-2)12-17(11-14)25-3/h5-13H,1-4H3. The number of ether oxygens (including phenoxy) is 4. The lowest BCUT2D eigenvalue weighted by Gasteiger charge is -2.12. The fraction of sp³-hybridized carbons (Fsp3) is 0.190. The number of pyridine rings is 1. The fourth-order valence-corrected chi connectivity index (χ4v) is 2.71. The highest BCUT2D eigenvalue weighted by Crippen LogP contribution is 2.34. The predicted octanol–water partition coefficient (Wildman–Crippen LogP) is 4.45. The number of hydrogen-bond acceptors (Lipinski definition) is 5. The Balaban J connectivity index is 2.07. The quantitative estimate of drug-likeness (QED) is 0.657. The number of benzene rings is 2. The highest BCUT2D eigenvalue weighted by atomic mass is 16.5. The van der Waals surface area contributed by atoms with Crippen LogP contribution in [-0.2, 0) is 0 Å². The van der Waals surface area contributed by atoms with Crippen molar-refractivity contribution in [2.75, 3.05) is 28.4 Å². The predicted molar refractivity (Wildman–Crippen MR) is 101 cm³/mol. The minimum absolute atomic E-state index is 0.706. The summed E-state index contributed by atoms with van der Waals surface area (Å²) in [4.78, 5) is 4.80. The molecule has 0 atom stereocenters. The van der Waals surface area contributed by atoms with E-state index >= 15 is 0 Å². The Morgan fingerprint density at radius 1 is 0.615 bits per heavy atom. The lowest BCUT2D eigenvalue weighted by Crippen LogP contribution is -1.94. The molecule has 26 heavy (non-hydrogen) atoms. The molecule has 0 saturated carbocycles. The summed E-state index contributed by atoms with van der Waals surface area (Å²) in [5, 5.41) is 0. The first-order valence-electron chi connectivity index (χ1n) is 8.11. The Morgan fingerprint density at radius 3 is 1.88 bits per heavy atom. The van der Waals surface area contributed by atoms with Crippen LogP contribution in [0.5, 0.6) is 23.0 Å². The monoisotopic (exact) mass is 351 g/mol. The molecule has 0 saturated heterocycles. The number of methoxy groups -OCH3 is 4. The van der Waals surface area contributed by atoms with Gasteiger partial charge in [-0.2, -0.15) is 0 Å². The average Bonchev–Trinajstić information content (AvgIpc) is 2.72. The number of hydrogen-bond donors (Lipinski definition) is 0. The van der Waals surface area contributed by atoms with Gasteiger partial charge in [-0.3, -0.25) is 0 Å². The zero-order valence-electron chi connectivity index (χ0n) is 15.3. The smallest absolute Gasteiger partial charge is 0.131 e. The van der Waals surface area contributed by atoms with Gasteiger partial charge in [0.1, 0.15) is 23.0 Å². The van der Waals surface area contributed by atoms with Crippen molar-refractivity contribution in [3.05, 3.63) is 54.6 Å². The third-order valence-corrected chi connectivity index (χ3v) is 4.08. The highest BCUT2D eigenvalue weighted by molar-refractivity contribution is 5.72. The first kappa shape index (κ1) is 17.6. The van der Waals surface area contributed by atoms with E-state index in [1.54, 1.807) is 28.4 Å². The van der Waals surface area contributed by atoms with E-state index in [0.717, 1.165) is 28.3 Å². The van der Waals surface area contributed by atoms with E-state index in [2.05, 4.69) is 0 Å². The topological polar surface area (TPSA) is 49.8 Å². The maximum atomic E-state index is 5.50. The van der Waals surface area contributed by atoms with Crippen LogP contribution in [0, 0.1) is 0 Å². The van der Waals surface area contributed by atoms with Crippen LogP contribution in [0.15, 0.2) is 54.6 Å². The van der Waals surface area contributed by atoms with Crippen molar-refractivity contribution >= 4 is 0 Å². The molecule has 5 heteroatoms. The summed E-state index contributed by atoms with van der Waals surface area (Å²) in [6, 6.07) is 17.2. The minimum atomic E-state index is 0.706. The molecule has 0 radical (unpaired) electrons. The molecule has 0 unspecified atom stereocenters. The average molecular weight is 351 g/mol. The number of aromatic nitrogens is 1. The molecule has 0 aliphatic rings. The summed E-state index contributed by atoms with van der Waals surface area (Å²) in [5.41, 5.74) is 3.43. The van der Waals surface area contributed by atoms with Crippen LogP contribution in [0.2, 0.25) is 0 Å². The molecule has 1 aromatic heterocycles. The zero-order valence-corrected chi connectivity index (χ0v) is 15.3. The molecular formula is C21H21NO4. The molecule has 3 rings (SSSR count). The molecule has 0 amide bonds. The van der Waals surface area contributed by atoms with Crippen molar-refractivity contribution in [1.82, 2.24) is 4.98 Å². The molecular weight excluding hydrogens is 330 g/mol. The van der Waals surface area contributed by atoms with Gasteiger partial charge < -0.3 is 18.9 Å². The van der Waals surface area contributed by atoms with Gasteiger partial charge >= 0.3 is 0 Å². The zero-order chi connectivity index (χ0) is 18.5. The van der Waals surface area contributed by atoms with E-state index in [0.29, 0.717) is 17.2 Å². The van der Waals surface area contributed by atoms with Gasteiger partial charge in [0.2, 0.25) is 0 Å². The van der Waals surface area contributed by atoms with Crippen molar-refractivity contribution < 1.29 is 18.9 Å². The molecule has 134 valence electrons. The maximum absolute atomic E-state index is 5.50. The van der Waals surface area contributed by atoms with E-state index in [-0.39, 0.29) is 0 Å². The SMILES string of the molecule is COc1cc(OC)cc(-c2cccc(-c3ccc(OC)cc3OC)n2)c1. The van der Waals surface area contributed by atoms with Crippen molar-refractivity contribution in [3.8, 4) is 45.5 Å². The lowest BCUT2D eigenvalue weighted by atomic mass is 10.1. The van der Waals surface area contributed by atoms with Crippen LogP contribution >= 0.6 is 0 Å². The summed E-state index contributed by atoms with van der Waals surface area (Å²) < 4.78 is 21.5. The largest absolute Gasteiger partial charge is 0.497 e. The summed E-state index contributed by atoms with van der Waals surface area (Å²) in [6.45, 7) is 0. The molecule has 2 aromatic carbocycles. The Bertz CT molecular complexity index is 886. The molecule has 3 aromatic rings. The van der Waals surface area contributed by atoms with E-state index in [4.69, 9.17) is 23.9 Å². The summed E-state index contributed by atoms with van der Waals surface area (Å²) in [5.74, 6) is 2.87. The van der Waals surface area contributed by atoms with Gasteiger partial charge in [0.05, 0.1) is 39.8 Å². The van der Waals surface area contributed by atoms with E-state index in [9.17, 15) is 0 Å². The number of rotatable bonds is 6. The Labute approximate surface area is 153 Å². The second-order valence-corrected chi connectivity index (χ2v) is 5.58. The highest BCUT2D eigenvalue weighted by Gasteiger charge is 2.11. The molecule has 1 heterocycles. The van der Waals surface area contributed by atoms with E-state index in [1.165, 1.54) is 0 Å². The van der Waals surface area contributed by atoms with Crippen LogP contribution < -0.4 is 18.9 Å². The van der Waals surface area contributed by atoms with Gasteiger partial charge in [-0.05, 0) is 36.4 Å². The second-order valence-electron chi connectivity index (χ2n) is 5.58. The normalized spacial score (nSPS) is 10.3. The lowest BCUT2D eigenvalue weighted by molar-refractivity contribution is 0.394. The minimum Gasteiger partial charge on any atom is -0.497 e. The Morgan fingerprint density at radius 2 is 1.27 bits per heavy atom. The molecule has 0 aliphatic carbocycles. The van der Waals surface area contributed by atoms with E-state index < -0.39 is 0 Å². The first-order chi connectivity index (χ1) is 12.7.